The topological polar surface area (TPSA) is 91.4 Å². The molecule has 1 aliphatic rings. The van der Waals surface area contributed by atoms with Crippen LogP contribution in [0.5, 0.6) is 0 Å². The van der Waals surface area contributed by atoms with Gasteiger partial charge in [-0.1, -0.05) is 36.4 Å². The summed E-state index contributed by atoms with van der Waals surface area (Å²) in [5.41, 5.74) is 1.77. The van der Waals surface area contributed by atoms with Gasteiger partial charge in [0, 0.05) is 12.7 Å². The number of hydrogen-bond acceptors (Lipinski definition) is 4. The molecule has 1 aromatic carbocycles. The van der Waals surface area contributed by atoms with Crippen LogP contribution in [-0.2, 0) is 22.6 Å². The monoisotopic (exact) mass is 352 g/mol. The molecular weight excluding hydrogens is 332 g/mol. The van der Waals surface area contributed by atoms with Gasteiger partial charge in [0.2, 0.25) is 5.91 Å². The first-order chi connectivity index (χ1) is 12.6. The zero-order chi connectivity index (χ0) is 18.4. The third-order valence-electron chi connectivity index (χ3n) is 4.16. The van der Waals surface area contributed by atoms with Crippen molar-refractivity contribution >= 4 is 17.8 Å². The van der Waals surface area contributed by atoms with E-state index in [9.17, 15) is 14.4 Å². The fourth-order valence-electron chi connectivity index (χ4n) is 2.76. The quantitative estimate of drug-likeness (QED) is 0.734. The highest BCUT2D eigenvalue weighted by Gasteiger charge is 2.38. The molecule has 3 rings (SSSR count). The van der Waals surface area contributed by atoms with E-state index in [0.29, 0.717) is 13.0 Å². The molecule has 2 aromatic rings. The number of carbonyl (C=O) groups excluding carboxylic acids is 3. The minimum Gasteiger partial charge on any atom is -0.350 e. The second-order valence-corrected chi connectivity index (χ2v) is 6.03. The summed E-state index contributed by atoms with van der Waals surface area (Å²) in [6, 6.07) is 13.8. The van der Waals surface area contributed by atoms with Crippen LogP contribution < -0.4 is 10.6 Å². The fourth-order valence-corrected chi connectivity index (χ4v) is 2.76. The number of pyridine rings is 1. The summed E-state index contributed by atoms with van der Waals surface area (Å²) in [5, 5.41) is 5.29. The Kier molecular flexibility index (Phi) is 5.58. The molecule has 26 heavy (non-hydrogen) atoms. The van der Waals surface area contributed by atoms with E-state index in [4.69, 9.17) is 0 Å². The van der Waals surface area contributed by atoms with Gasteiger partial charge in [-0.2, -0.15) is 0 Å². The second-order valence-electron chi connectivity index (χ2n) is 6.03. The van der Waals surface area contributed by atoms with E-state index in [0.717, 1.165) is 11.3 Å². The highest BCUT2D eigenvalue weighted by Crippen LogP contribution is 2.11. The molecule has 1 aromatic heterocycles. The Labute approximate surface area is 151 Å². The van der Waals surface area contributed by atoms with Gasteiger partial charge in [0.1, 0.15) is 6.04 Å². The summed E-state index contributed by atoms with van der Waals surface area (Å²) < 4.78 is 0. The number of rotatable bonds is 7. The standard InChI is InChI=1S/C19H20N4O3/c24-17(21-13-15-8-4-5-10-20-15)12-16-18(25)23(19(26)22-16)11-9-14-6-2-1-3-7-14/h1-8,10,16H,9,11-13H2,(H,21,24)(H,22,26)/t16-/m1/s1. The lowest BCUT2D eigenvalue weighted by molar-refractivity contribution is -0.130. The largest absolute Gasteiger partial charge is 0.350 e. The number of hydrogen-bond donors (Lipinski definition) is 2. The van der Waals surface area contributed by atoms with Gasteiger partial charge >= 0.3 is 6.03 Å². The number of amides is 4. The number of urea groups is 1. The van der Waals surface area contributed by atoms with E-state index in [-0.39, 0.29) is 24.8 Å². The lowest BCUT2D eigenvalue weighted by Crippen LogP contribution is -2.36. The van der Waals surface area contributed by atoms with Gasteiger partial charge in [-0.05, 0) is 24.1 Å². The van der Waals surface area contributed by atoms with Crippen molar-refractivity contribution in [3.05, 3.63) is 66.0 Å². The number of carbonyl (C=O) groups is 3. The van der Waals surface area contributed by atoms with Crippen LogP contribution in [0.4, 0.5) is 4.79 Å². The first-order valence-corrected chi connectivity index (χ1v) is 8.46. The summed E-state index contributed by atoms with van der Waals surface area (Å²) in [5.74, 6) is -0.668. The van der Waals surface area contributed by atoms with Crippen molar-refractivity contribution in [1.29, 1.82) is 0 Å². The highest BCUT2D eigenvalue weighted by atomic mass is 16.2. The zero-order valence-electron chi connectivity index (χ0n) is 14.2. The van der Waals surface area contributed by atoms with Crippen LogP contribution in [0.3, 0.4) is 0 Å². The lowest BCUT2D eigenvalue weighted by Gasteiger charge is -2.13. The molecule has 0 radical (unpaired) electrons. The number of nitrogens with one attached hydrogen (secondary N) is 2. The zero-order valence-corrected chi connectivity index (χ0v) is 14.2. The Morgan fingerprint density at radius 2 is 1.88 bits per heavy atom. The van der Waals surface area contributed by atoms with Gasteiger partial charge in [0.15, 0.2) is 0 Å². The predicted octanol–water partition coefficient (Wildman–Crippen LogP) is 1.25. The van der Waals surface area contributed by atoms with E-state index in [2.05, 4.69) is 15.6 Å². The normalized spacial score (nSPS) is 16.5. The molecule has 0 bridgehead atoms. The molecule has 1 aliphatic heterocycles. The number of imide groups is 1. The van der Waals surface area contributed by atoms with Crippen molar-refractivity contribution in [3.8, 4) is 0 Å². The van der Waals surface area contributed by atoms with E-state index < -0.39 is 12.1 Å². The minimum absolute atomic E-state index is 0.0841. The van der Waals surface area contributed by atoms with Crippen molar-refractivity contribution in [2.75, 3.05) is 6.54 Å². The Bertz CT molecular complexity index is 780. The molecule has 1 fully saturated rings. The molecule has 0 spiro atoms. The number of aromatic nitrogens is 1. The summed E-state index contributed by atoms with van der Waals surface area (Å²) >= 11 is 0. The van der Waals surface area contributed by atoms with E-state index in [1.54, 1.807) is 18.3 Å². The summed E-state index contributed by atoms with van der Waals surface area (Å²) in [4.78, 5) is 41.8. The average Bonchev–Trinajstić information content (AvgIpc) is 2.93. The van der Waals surface area contributed by atoms with Gasteiger partial charge in [0.05, 0.1) is 18.7 Å². The number of benzene rings is 1. The van der Waals surface area contributed by atoms with Gasteiger partial charge < -0.3 is 10.6 Å². The molecule has 0 aliphatic carbocycles. The Morgan fingerprint density at radius 3 is 2.62 bits per heavy atom. The number of nitrogens with zero attached hydrogens (tertiary/aromatic N) is 2. The molecule has 1 atom stereocenters. The molecule has 134 valence electrons. The van der Waals surface area contributed by atoms with Gasteiger partial charge in [-0.15, -0.1) is 0 Å². The average molecular weight is 352 g/mol. The van der Waals surface area contributed by atoms with Crippen LogP contribution >= 0.6 is 0 Å². The Morgan fingerprint density at radius 1 is 1.12 bits per heavy atom. The first kappa shape index (κ1) is 17.6. The van der Waals surface area contributed by atoms with Crippen LogP contribution in [0, 0.1) is 0 Å². The van der Waals surface area contributed by atoms with Crippen molar-refractivity contribution in [1.82, 2.24) is 20.5 Å². The van der Waals surface area contributed by atoms with Crippen LogP contribution in [0.25, 0.3) is 0 Å². The molecule has 0 saturated carbocycles. The van der Waals surface area contributed by atoms with Crippen molar-refractivity contribution in [2.24, 2.45) is 0 Å². The highest BCUT2D eigenvalue weighted by molar-refractivity contribution is 6.05. The van der Waals surface area contributed by atoms with Crippen LogP contribution in [-0.4, -0.2) is 40.3 Å². The molecule has 4 amide bonds. The summed E-state index contributed by atoms with van der Waals surface area (Å²) in [7, 11) is 0. The maximum absolute atomic E-state index is 12.4. The van der Waals surface area contributed by atoms with Crippen molar-refractivity contribution in [3.63, 3.8) is 0 Å². The van der Waals surface area contributed by atoms with Crippen LogP contribution in [0.15, 0.2) is 54.7 Å². The molecule has 1 saturated heterocycles. The summed E-state index contributed by atoms with van der Waals surface area (Å²) in [6.07, 6.45) is 2.14. The van der Waals surface area contributed by atoms with Crippen molar-refractivity contribution in [2.45, 2.75) is 25.4 Å². The molecule has 2 heterocycles. The molecule has 7 heteroatoms. The molecular formula is C19H20N4O3. The maximum Gasteiger partial charge on any atom is 0.324 e. The fraction of sp³-hybridized carbons (Fsp3) is 0.263. The molecule has 7 nitrogen and oxygen atoms in total. The van der Waals surface area contributed by atoms with Gasteiger partial charge in [-0.25, -0.2) is 4.79 Å². The van der Waals surface area contributed by atoms with E-state index in [1.807, 2.05) is 36.4 Å². The Hall–Kier alpha value is -3.22. The smallest absolute Gasteiger partial charge is 0.324 e. The van der Waals surface area contributed by atoms with E-state index in [1.165, 1.54) is 4.90 Å². The predicted molar refractivity (Wildman–Crippen MR) is 94.9 cm³/mol. The Balaban J connectivity index is 1.49. The third-order valence-corrected chi connectivity index (χ3v) is 4.16. The van der Waals surface area contributed by atoms with Crippen LogP contribution in [0.1, 0.15) is 17.7 Å². The van der Waals surface area contributed by atoms with E-state index >= 15 is 0 Å². The lowest BCUT2D eigenvalue weighted by atomic mass is 10.1. The summed E-state index contributed by atoms with van der Waals surface area (Å²) in [6.45, 7) is 0.576. The first-order valence-electron chi connectivity index (χ1n) is 8.46. The van der Waals surface area contributed by atoms with Crippen molar-refractivity contribution < 1.29 is 14.4 Å². The molecule has 2 N–H and O–H groups in total. The van der Waals surface area contributed by atoms with Gasteiger partial charge in [0.25, 0.3) is 5.91 Å². The third kappa shape index (κ3) is 4.44. The van der Waals surface area contributed by atoms with Gasteiger partial charge in [-0.3, -0.25) is 19.5 Å². The SMILES string of the molecule is O=C(C[C@H]1NC(=O)N(CCc2ccccc2)C1=O)NCc1ccccn1. The molecule has 0 unspecified atom stereocenters. The van der Waals surface area contributed by atoms with Crippen LogP contribution in [0.2, 0.25) is 0 Å². The maximum atomic E-state index is 12.4. The minimum atomic E-state index is -0.818. The second kappa shape index (κ2) is 8.24.